The number of benzene rings is 1. The van der Waals surface area contributed by atoms with Crippen LogP contribution in [0.25, 0.3) is 0 Å². The van der Waals surface area contributed by atoms with Crippen molar-refractivity contribution >= 4 is 53.2 Å². The van der Waals surface area contributed by atoms with Gasteiger partial charge in [0.15, 0.2) is 5.75 Å². The van der Waals surface area contributed by atoms with Gasteiger partial charge in [-0.1, -0.05) is 11.6 Å². The van der Waals surface area contributed by atoms with Gasteiger partial charge in [-0.3, -0.25) is 0 Å². The van der Waals surface area contributed by atoms with Gasteiger partial charge in [-0.05, 0) is 6.07 Å². The molecule has 5 nitrogen and oxygen atoms in total. The summed E-state index contributed by atoms with van der Waals surface area (Å²) in [7, 11) is 0. The molecule has 0 radical (unpaired) electrons. The molecule has 1 aromatic rings. The average molecular weight is 346 g/mol. The Kier molecular flexibility index (Phi) is 8.56. The minimum Gasteiger partial charge on any atom is -0.545 e. The SMILES string of the molecule is O=C([O-])c1cc(OCl)c(OCl)c(OCl)c1Cl.[K+]. The summed E-state index contributed by atoms with van der Waals surface area (Å²) in [5.74, 6) is -2.43. The molecule has 0 N–H and O–H groups in total. The Hall–Kier alpha value is 0.886. The van der Waals surface area contributed by atoms with Crippen molar-refractivity contribution in [1.82, 2.24) is 0 Å². The fourth-order valence-electron chi connectivity index (χ4n) is 0.942. The average Bonchev–Trinajstić information content (AvgIpc) is 2.27. The van der Waals surface area contributed by atoms with Crippen LogP contribution in [0.1, 0.15) is 10.4 Å². The van der Waals surface area contributed by atoms with Crippen LogP contribution < -0.4 is 69.4 Å². The number of halogens is 4. The zero-order chi connectivity index (χ0) is 12.3. The van der Waals surface area contributed by atoms with Crippen LogP contribution in [0, 0.1) is 0 Å². The van der Waals surface area contributed by atoms with E-state index < -0.39 is 11.5 Å². The van der Waals surface area contributed by atoms with Crippen molar-refractivity contribution in [1.29, 1.82) is 0 Å². The molecule has 0 amide bonds. The number of aromatic carboxylic acids is 1. The predicted octanol–water partition coefficient (Wildman–Crippen LogP) is -0.695. The maximum atomic E-state index is 10.7. The maximum absolute atomic E-state index is 10.7. The van der Waals surface area contributed by atoms with E-state index in [9.17, 15) is 9.90 Å². The minimum atomic E-state index is -1.57. The van der Waals surface area contributed by atoms with E-state index in [2.05, 4.69) is 12.9 Å². The van der Waals surface area contributed by atoms with Crippen molar-refractivity contribution in [3.8, 4) is 17.2 Å². The summed E-state index contributed by atoms with van der Waals surface area (Å²) in [6.07, 6.45) is 0. The Bertz CT molecular complexity index is 427. The Morgan fingerprint density at radius 2 is 1.65 bits per heavy atom. The first-order valence-electron chi connectivity index (χ1n) is 3.50. The van der Waals surface area contributed by atoms with Crippen molar-refractivity contribution in [3.63, 3.8) is 0 Å². The van der Waals surface area contributed by atoms with Crippen molar-refractivity contribution in [2.45, 2.75) is 0 Å². The van der Waals surface area contributed by atoms with Crippen molar-refractivity contribution in [2.24, 2.45) is 0 Å². The van der Waals surface area contributed by atoms with Crippen LogP contribution >= 0.6 is 47.2 Å². The molecular formula is C7HCl4KO5. The molecule has 0 aliphatic rings. The third kappa shape index (κ3) is 3.92. The molecule has 0 fully saturated rings. The molecule has 0 heterocycles. The van der Waals surface area contributed by atoms with E-state index in [1.807, 2.05) is 0 Å². The van der Waals surface area contributed by atoms with Gasteiger partial charge >= 0.3 is 51.4 Å². The van der Waals surface area contributed by atoms with Crippen molar-refractivity contribution < 1.29 is 74.2 Å². The monoisotopic (exact) mass is 344 g/mol. The topological polar surface area (TPSA) is 67.8 Å². The molecule has 0 atom stereocenters. The van der Waals surface area contributed by atoms with E-state index >= 15 is 0 Å². The van der Waals surface area contributed by atoms with Gasteiger partial charge in [0.1, 0.15) is 35.6 Å². The Balaban J connectivity index is 0.00000256. The smallest absolute Gasteiger partial charge is 0.545 e. The van der Waals surface area contributed by atoms with Gasteiger partial charge in [0.05, 0.1) is 11.0 Å². The standard InChI is InChI=1S/C7H2Cl4O5.K/c8-4-2(7(12)13)1-3(14-9)5(15-10)6(4)16-11;/h1H,(H,12,13);/q;+1/p-1. The predicted molar refractivity (Wildman–Crippen MR) is 55.2 cm³/mol. The van der Waals surface area contributed by atoms with Gasteiger partial charge in [0.2, 0.25) is 11.5 Å². The van der Waals surface area contributed by atoms with E-state index in [1.165, 1.54) is 0 Å². The summed E-state index contributed by atoms with van der Waals surface area (Å²) < 4.78 is 12.9. The number of hydrogen-bond acceptors (Lipinski definition) is 5. The number of carboxylic acid groups (broad SMARTS) is 1. The zero-order valence-corrected chi connectivity index (χ0v) is 14.3. The van der Waals surface area contributed by atoms with Crippen LogP contribution in [0.5, 0.6) is 17.2 Å². The van der Waals surface area contributed by atoms with Crippen LogP contribution in [0.15, 0.2) is 6.07 Å². The molecule has 0 spiro atoms. The number of hydrogen-bond donors (Lipinski definition) is 0. The molecule has 1 aromatic carbocycles. The second-order valence-corrected chi connectivity index (χ2v) is 3.25. The Morgan fingerprint density at radius 3 is 2.00 bits per heavy atom. The molecule has 0 saturated carbocycles. The zero-order valence-electron chi connectivity index (χ0n) is 8.13. The molecule has 1 rings (SSSR count). The van der Waals surface area contributed by atoms with Crippen LogP contribution in [0.2, 0.25) is 5.02 Å². The van der Waals surface area contributed by atoms with Gasteiger partial charge in [0.25, 0.3) is 0 Å². The van der Waals surface area contributed by atoms with Crippen molar-refractivity contribution in [3.05, 3.63) is 16.7 Å². The largest absolute Gasteiger partial charge is 1.00 e. The molecule has 0 aromatic heterocycles. The number of carbonyl (C=O) groups is 1. The number of rotatable bonds is 4. The molecule has 88 valence electrons. The molecular weight excluding hydrogens is 345 g/mol. The van der Waals surface area contributed by atoms with Crippen LogP contribution in [-0.2, 0) is 0 Å². The molecule has 17 heavy (non-hydrogen) atoms. The molecule has 10 heteroatoms. The first kappa shape index (κ1) is 17.9. The Labute approximate surface area is 159 Å². The van der Waals surface area contributed by atoms with E-state index in [0.717, 1.165) is 6.07 Å². The molecule has 0 bridgehead atoms. The fourth-order valence-corrected chi connectivity index (χ4v) is 1.65. The van der Waals surface area contributed by atoms with Crippen LogP contribution in [-0.4, -0.2) is 5.97 Å². The maximum Gasteiger partial charge on any atom is 1.00 e. The summed E-state index contributed by atoms with van der Waals surface area (Å²) in [5, 5.41) is 10.3. The van der Waals surface area contributed by atoms with Gasteiger partial charge in [0, 0.05) is 5.56 Å². The Morgan fingerprint density at radius 1 is 1.12 bits per heavy atom. The summed E-state index contributed by atoms with van der Waals surface area (Å²) >= 11 is 20.9. The van der Waals surface area contributed by atoms with E-state index in [0.29, 0.717) is 0 Å². The van der Waals surface area contributed by atoms with Crippen molar-refractivity contribution in [2.75, 3.05) is 0 Å². The number of carbonyl (C=O) groups excluding carboxylic acids is 1. The van der Waals surface area contributed by atoms with Gasteiger partial charge in [-0.15, -0.1) is 0 Å². The second-order valence-electron chi connectivity index (χ2n) is 2.41. The van der Waals surface area contributed by atoms with Crippen LogP contribution in [0.4, 0.5) is 0 Å². The quantitative estimate of drug-likeness (QED) is 0.675. The first-order valence-corrected chi connectivity index (χ1v) is 4.80. The third-order valence-electron chi connectivity index (χ3n) is 1.60. The summed E-state index contributed by atoms with van der Waals surface area (Å²) in [6, 6.07) is 0.946. The third-order valence-corrected chi connectivity index (χ3v) is 2.45. The minimum absolute atomic E-state index is 0. The van der Waals surface area contributed by atoms with Gasteiger partial charge in [-0.25, -0.2) is 0 Å². The summed E-state index contributed by atoms with van der Waals surface area (Å²) in [5.41, 5.74) is -0.439. The number of carboxylic acids is 1. The normalized spacial score (nSPS) is 9.18. The molecule has 0 unspecified atom stereocenters. The molecule has 0 aliphatic carbocycles. The molecule has 0 saturated heterocycles. The van der Waals surface area contributed by atoms with E-state index in [4.69, 9.17) is 47.2 Å². The fraction of sp³-hybridized carbons (Fsp3) is 0. The molecule has 0 aliphatic heterocycles. The second kappa shape index (κ2) is 8.14. The van der Waals surface area contributed by atoms with Crippen LogP contribution in [0.3, 0.4) is 0 Å². The first-order chi connectivity index (χ1) is 7.56. The van der Waals surface area contributed by atoms with Gasteiger partial charge in [-0.2, -0.15) is 0 Å². The van der Waals surface area contributed by atoms with E-state index in [1.54, 1.807) is 0 Å². The van der Waals surface area contributed by atoms with E-state index in [-0.39, 0.29) is 73.7 Å². The summed E-state index contributed by atoms with van der Waals surface area (Å²) in [4.78, 5) is 10.7. The van der Waals surface area contributed by atoms with Gasteiger partial charge < -0.3 is 22.8 Å². The summed E-state index contributed by atoms with van der Waals surface area (Å²) in [6.45, 7) is 0.